The van der Waals surface area contributed by atoms with E-state index in [0.29, 0.717) is 12.5 Å². The molecule has 22 heavy (non-hydrogen) atoms. The highest BCUT2D eigenvalue weighted by atomic mass is 32.2. The van der Waals surface area contributed by atoms with Gasteiger partial charge in [0.1, 0.15) is 0 Å². The fourth-order valence-electron chi connectivity index (χ4n) is 2.65. The molecule has 2 N–H and O–H groups in total. The van der Waals surface area contributed by atoms with Gasteiger partial charge in [-0.15, -0.1) is 0 Å². The Morgan fingerprint density at radius 1 is 1.27 bits per heavy atom. The molecule has 0 unspecified atom stereocenters. The molecule has 0 aromatic heterocycles. The fourth-order valence-corrected chi connectivity index (χ4v) is 3.49. The lowest BCUT2D eigenvalue weighted by molar-refractivity contribution is -0.116. The van der Waals surface area contributed by atoms with Gasteiger partial charge in [0.25, 0.3) is 0 Å². The van der Waals surface area contributed by atoms with Gasteiger partial charge in [0.05, 0.1) is 11.8 Å². The number of thioether (sulfide) groups is 1. The number of benzene rings is 1. The molecule has 2 aliphatic heterocycles. The molecule has 6 heteroatoms. The van der Waals surface area contributed by atoms with Crippen LogP contribution in [0.3, 0.4) is 0 Å². The van der Waals surface area contributed by atoms with Crippen LogP contribution in [-0.2, 0) is 11.2 Å². The van der Waals surface area contributed by atoms with E-state index in [1.54, 1.807) is 11.8 Å². The summed E-state index contributed by atoms with van der Waals surface area (Å²) in [6.45, 7) is 0. The number of anilines is 1. The summed E-state index contributed by atoms with van der Waals surface area (Å²) in [4.78, 5) is 16.2. The second-order valence-electron chi connectivity index (χ2n) is 5.90. The summed E-state index contributed by atoms with van der Waals surface area (Å²) in [6.07, 6.45) is 4.85. The van der Waals surface area contributed by atoms with Crippen LogP contribution in [0.4, 0.5) is 5.69 Å². The lowest BCUT2D eigenvalue weighted by atomic mass is 10.0. The van der Waals surface area contributed by atoms with Crippen molar-refractivity contribution in [1.29, 1.82) is 0 Å². The van der Waals surface area contributed by atoms with Crippen LogP contribution >= 0.6 is 11.8 Å². The minimum atomic E-state index is 0.111. The van der Waals surface area contributed by atoms with Crippen molar-refractivity contribution in [2.45, 2.75) is 38.1 Å². The van der Waals surface area contributed by atoms with Gasteiger partial charge in [-0.2, -0.15) is 5.10 Å². The molecule has 114 valence electrons. The number of carbonyl (C=O) groups is 1. The average Bonchev–Trinajstić information content (AvgIpc) is 3.34. The summed E-state index contributed by atoms with van der Waals surface area (Å²) >= 11 is 1.71. The molecular weight excluding hydrogens is 296 g/mol. The van der Waals surface area contributed by atoms with Crippen LogP contribution in [0.15, 0.2) is 28.3 Å². The Morgan fingerprint density at radius 3 is 2.95 bits per heavy atom. The summed E-state index contributed by atoms with van der Waals surface area (Å²) in [5.41, 5.74) is 7.38. The molecule has 5 nitrogen and oxygen atoms in total. The number of fused-ring (bicyclic) bond motifs is 1. The van der Waals surface area contributed by atoms with Crippen LogP contribution in [0.2, 0.25) is 0 Å². The smallest absolute Gasteiger partial charge is 0.224 e. The molecule has 1 aromatic carbocycles. The van der Waals surface area contributed by atoms with Crippen LogP contribution in [0.1, 0.15) is 36.8 Å². The lowest BCUT2D eigenvalue weighted by Gasteiger charge is -2.16. The first-order valence-electron chi connectivity index (χ1n) is 7.74. The molecular formula is C16H18N4OS. The average molecular weight is 314 g/mol. The summed E-state index contributed by atoms with van der Waals surface area (Å²) in [6, 6.07) is 6.71. The summed E-state index contributed by atoms with van der Waals surface area (Å²) in [7, 11) is 0. The summed E-state index contributed by atoms with van der Waals surface area (Å²) in [5.74, 6) is 0.948. The summed E-state index contributed by atoms with van der Waals surface area (Å²) in [5, 5.41) is 8.38. The maximum absolute atomic E-state index is 11.6. The Morgan fingerprint density at radius 2 is 2.18 bits per heavy atom. The number of aliphatic imine (C=N–C) groups is 1. The third-order valence-electron chi connectivity index (χ3n) is 4.04. The van der Waals surface area contributed by atoms with E-state index in [1.807, 2.05) is 12.1 Å². The van der Waals surface area contributed by atoms with Crippen molar-refractivity contribution in [3.05, 3.63) is 29.3 Å². The zero-order chi connectivity index (χ0) is 14.9. The maximum Gasteiger partial charge on any atom is 0.224 e. The van der Waals surface area contributed by atoms with Gasteiger partial charge >= 0.3 is 0 Å². The van der Waals surface area contributed by atoms with Crippen molar-refractivity contribution < 1.29 is 4.79 Å². The standard InChI is InChI=1S/C16H18N4OS/c21-15-3-1-2-10-8-11(4-7-13(10)18-15)14-9-22-16(20-19-14)17-12-5-6-12/h4,7-8,12H,1-3,5-6,9H2,(H,17,20)(H,18,21). The van der Waals surface area contributed by atoms with Crippen molar-refractivity contribution in [1.82, 2.24) is 5.43 Å². The lowest BCUT2D eigenvalue weighted by Crippen LogP contribution is -2.25. The van der Waals surface area contributed by atoms with Gasteiger partial charge in [0.2, 0.25) is 5.91 Å². The number of amides is 1. The van der Waals surface area contributed by atoms with Crippen LogP contribution < -0.4 is 10.7 Å². The molecule has 1 fully saturated rings. The molecule has 1 amide bonds. The number of rotatable bonds is 2. The van der Waals surface area contributed by atoms with Gasteiger partial charge in [-0.25, -0.2) is 0 Å². The molecule has 3 aliphatic rings. The Labute approximate surface area is 133 Å². The van der Waals surface area contributed by atoms with Gasteiger partial charge in [-0.05, 0) is 48.9 Å². The quantitative estimate of drug-likeness (QED) is 0.881. The molecule has 1 aromatic rings. The first-order chi connectivity index (χ1) is 10.8. The topological polar surface area (TPSA) is 65.8 Å². The second kappa shape index (κ2) is 5.76. The van der Waals surface area contributed by atoms with E-state index < -0.39 is 0 Å². The van der Waals surface area contributed by atoms with Gasteiger partial charge in [0, 0.05) is 17.9 Å². The van der Waals surface area contributed by atoms with Gasteiger partial charge in [-0.3, -0.25) is 15.2 Å². The second-order valence-corrected chi connectivity index (χ2v) is 6.86. The largest absolute Gasteiger partial charge is 0.326 e. The number of nitrogens with zero attached hydrogens (tertiary/aromatic N) is 2. The minimum absolute atomic E-state index is 0.111. The van der Waals surface area contributed by atoms with Gasteiger partial charge in [0.15, 0.2) is 5.17 Å². The van der Waals surface area contributed by atoms with E-state index in [-0.39, 0.29) is 5.91 Å². The molecule has 1 saturated carbocycles. The van der Waals surface area contributed by atoms with Gasteiger partial charge < -0.3 is 5.32 Å². The van der Waals surface area contributed by atoms with E-state index in [1.165, 1.54) is 18.4 Å². The zero-order valence-electron chi connectivity index (χ0n) is 12.3. The number of hydrazone groups is 1. The van der Waals surface area contributed by atoms with Gasteiger partial charge in [-0.1, -0.05) is 17.8 Å². The molecule has 4 rings (SSSR count). The predicted octanol–water partition coefficient (Wildman–Crippen LogP) is 2.52. The third-order valence-corrected chi connectivity index (χ3v) is 4.93. The number of nitrogens with one attached hydrogen (secondary N) is 2. The number of hydrogen-bond donors (Lipinski definition) is 2. The predicted molar refractivity (Wildman–Crippen MR) is 90.6 cm³/mol. The minimum Gasteiger partial charge on any atom is -0.326 e. The fraction of sp³-hybridized carbons (Fsp3) is 0.438. The third kappa shape index (κ3) is 3.02. The van der Waals surface area contributed by atoms with E-state index in [9.17, 15) is 4.79 Å². The highest BCUT2D eigenvalue weighted by molar-refractivity contribution is 8.14. The summed E-state index contributed by atoms with van der Waals surface area (Å²) < 4.78 is 0. The first kappa shape index (κ1) is 13.8. The zero-order valence-corrected chi connectivity index (χ0v) is 13.1. The molecule has 0 atom stereocenters. The van der Waals surface area contributed by atoms with E-state index in [2.05, 4.69) is 26.9 Å². The number of hydrogen-bond acceptors (Lipinski definition) is 4. The maximum atomic E-state index is 11.6. The van der Waals surface area contributed by atoms with E-state index in [0.717, 1.165) is 40.7 Å². The van der Waals surface area contributed by atoms with E-state index in [4.69, 9.17) is 0 Å². The number of carbonyl (C=O) groups excluding carboxylic acids is 1. The molecule has 0 radical (unpaired) electrons. The van der Waals surface area contributed by atoms with Crippen molar-refractivity contribution in [2.75, 3.05) is 11.1 Å². The van der Waals surface area contributed by atoms with E-state index >= 15 is 0 Å². The molecule has 0 saturated heterocycles. The highest BCUT2D eigenvalue weighted by Gasteiger charge is 2.23. The molecule has 0 bridgehead atoms. The Hall–Kier alpha value is -1.82. The first-order valence-corrected chi connectivity index (χ1v) is 8.73. The Kier molecular flexibility index (Phi) is 3.62. The highest BCUT2D eigenvalue weighted by Crippen LogP contribution is 2.27. The van der Waals surface area contributed by atoms with Crippen molar-refractivity contribution in [2.24, 2.45) is 10.1 Å². The Bertz CT molecular complexity index is 679. The normalized spacial score (nSPS) is 23.2. The monoisotopic (exact) mass is 314 g/mol. The van der Waals surface area contributed by atoms with Crippen LogP contribution in [0.25, 0.3) is 0 Å². The van der Waals surface area contributed by atoms with Crippen LogP contribution in [-0.4, -0.2) is 28.6 Å². The SMILES string of the molecule is O=C1CCCc2cc(C3=NNC(=NC4CC4)SC3)ccc2N1. The Balaban J connectivity index is 1.54. The number of aryl methyl sites for hydroxylation is 1. The van der Waals surface area contributed by atoms with Crippen LogP contribution in [0.5, 0.6) is 0 Å². The molecule has 0 spiro atoms. The van der Waals surface area contributed by atoms with Crippen molar-refractivity contribution >= 4 is 34.2 Å². The van der Waals surface area contributed by atoms with Crippen molar-refractivity contribution in [3.8, 4) is 0 Å². The van der Waals surface area contributed by atoms with Crippen LogP contribution in [0, 0.1) is 0 Å². The van der Waals surface area contributed by atoms with Crippen molar-refractivity contribution in [3.63, 3.8) is 0 Å². The number of amidine groups is 1. The molecule has 1 aliphatic carbocycles. The molecule has 2 heterocycles.